The zero-order chi connectivity index (χ0) is 29.2. The Bertz CT molecular complexity index is 1680. The lowest BCUT2D eigenvalue weighted by molar-refractivity contribution is 0.0706. The van der Waals surface area contributed by atoms with E-state index in [1.807, 2.05) is 54.6 Å². The second-order valence-corrected chi connectivity index (χ2v) is 11.5. The van der Waals surface area contributed by atoms with Gasteiger partial charge in [-0.3, -0.25) is 18.7 Å². The summed E-state index contributed by atoms with van der Waals surface area (Å²) in [6.07, 6.45) is 0. The fourth-order valence-electron chi connectivity index (χ4n) is 5.41. The Morgan fingerprint density at radius 1 is 0.905 bits per heavy atom. The normalized spacial score (nSPS) is 14.9. The number of aromatic nitrogens is 2. The van der Waals surface area contributed by atoms with Crippen LogP contribution in [0.15, 0.2) is 82.1 Å². The lowest BCUT2D eigenvalue weighted by Crippen LogP contribution is -2.41. The standard InChI is InChI=1S/C31H29BrClN5O4/c32-25-11-6-22(18-26(25)33)30(40)36-12-13-37-27(20-36)28(29(39)34-19-21-4-2-1-3-5-21)38(31(37)41)24-9-7-23(8-10-24)35-14-16-42-17-15-35/h1-11,18H,12-17,19-20H2,(H,34,39). The maximum absolute atomic E-state index is 13.8. The summed E-state index contributed by atoms with van der Waals surface area (Å²) in [7, 11) is 0. The number of carbonyl (C=O) groups is 2. The van der Waals surface area contributed by atoms with Gasteiger partial charge in [-0.15, -0.1) is 0 Å². The highest BCUT2D eigenvalue weighted by Crippen LogP contribution is 2.26. The molecule has 9 nitrogen and oxygen atoms in total. The Labute approximate surface area is 256 Å². The van der Waals surface area contributed by atoms with Crippen LogP contribution in [0, 0.1) is 0 Å². The molecule has 0 atom stereocenters. The summed E-state index contributed by atoms with van der Waals surface area (Å²) in [5, 5.41) is 3.41. The summed E-state index contributed by atoms with van der Waals surface area (Å²) < 4.78 is 9.23. The molecule has 42 heavy (non-hydrogen) atoms. The van der Waals surface area contributed by atoms with Gasteiger partial charge in [-0.1, -0.05) is 41.9 Å². The summed E-state index contributed by atoms with van der Waals surface area (Å²) in [5.74, 6) is -0.607. The average Bonchev–Trinajstić information content (AvgIpc) is 3.33. The van der Waals surface area contributed by atoms with Gasteiger partial charge in [0.05, 0.1) is 36.2 Å². The van der Waals surface area contributed by atoms with Gasteiger partial charge in [0.2, 0.25) is 0 Å². The van der Waals surface area contributed by atoms with E-state index in [0.717, 1.165) is 24.3 Å². The number of carbonyl (C=O) groups excluding carboxylic acids is 2. The number of benzene rings is 3. The largest absolute Gasteiger partial charge is 0.378 e. The number of ether oxygens (including phenoxy) is 1. The van der Waals surface area contributed by atoms with Crippen molar-refractivity contribution in [1.29, 1.82) is 0 Å². The van der Waals surface area contributed by atoms with Gasteiger partial charge in [0.25, 0.3) is 11.8 Å². The van der Waals surface area contributed by atoms with Gasteiger partial charge in [0.15, 0.2) is 0 Å². The third-order valence-electron chi connectivity index (χ3n) is 7.63. The van der Waals surface area contributed by atoms with Crippen molar-refractivity contribution >= 4 is 45.0 Å². The fourth-order valence-corrected chi connectivity index (χ4v) is 5.84. The molecular formula is C31H29BrClN5O4. The van der Waals surface area contributed by atoms with E-state index in [0.29, 0.717) is 52.7 Å². The van der Waals surface area contributed by atoms with E-state index in [2.05, 4.69) is 26.1 Å². The van der Waals surface area contributed by atoms with Gasteiger partial charge < -0.3 is 19.9 Å². The molecule has 1 N–H and O–H groups in total. The Hall–Kier alpha value is -3.86. The van der Waals surface area contributed by atoms with Gasteiger partial charge in [-0.25, -0.2) is 4.79 Å². The van der Waals surface area contributed by atoms with Crippen molar-refractivity contribution in [2.45, 2.75) is 19.6 Å². The molecule has 216 valence electrons. The molecule has 2 amide bonds. The third-order valence-corrected chi connectivity index (χ3v) is 8.86. The molecule has 4 aromatic rings. The first-order chi connectivity index (χ1) is 20.4. The predicted molar refractivity (Wildman–Crippen MR) is 165 cm³/mol. The molecule has 0 saturated carbocycles. The molecule has 0 bridgehead atoms. The first-order valence-electron chi connectivity index (χ1n) is 13.7. The quantitative estimate of drug-likeness (QED) is 0.333. The number of anilines is 1. The van der Waals surface area contributed by atoms with Crippen molar-refractivity contribution in [3.05, 3.63) is 115 Å². The van der Waals surface area contributed by atoms with Crippen LogP contribution in [-0.2, 0) is 24.4 Å². The Morgan fingerprint density at radius 2 is 1.62 bits per heavy atom. The zero-order valence-corrected chi connectivity index (χ0v) is 25.1. The third kappa shape index (κ3) is 5.62. The first-order valence-corrected chi connectivity index (χ1v) is 14.9. The van der Waals surface area contributed by atoms with Gasteiger partial charge in [-0.05, 0) is 64.0 Å². The molecule has 6 rings (SSSR count). The van der Waals surface area contributed by atoms with E-state index in [-0.39, 0.29) is 36.3 Å². The smallest absolute Gasteiger partial charge is 0.333 e. The molecule has 1 fully saturated rings. The summed E-state index contributed by atoms with van der Waals surface area (Å²) in [6.45, 7) is 3.91. The van der Waals surface area contributed by atoms with Crippen molar-refractivity contribution < 1.29 is 14.3 Å². The predicted octanol–water partition coefficient (Wildman–Crippen LogP) is 4.48. The van der Waals surface area contributed by atoms with Crippen LogP contribution in [-0.4, -0.2) is 58.7 Å². The summed E-state index contributed by atoms with van der Waals surface area (Å²) in [6, 6.07) is 22.3. The maximum atomic E-state index is 13.8. The number of nitrogens with one attached hydrogen (secondary N) is 1. The number of halogens is 2. The van der Waals surface area contributed by atoms with Crippen LogP contribution in [0.4, 0.5) is 5.69 Å². The monoisotopic (exact) mass is 649 g/mol. The second kappa shape index (κ2) is 12.2. The van der Waals surface area contributed by atoms with Crippen LogP contribution in [0.2, 0.25) is 5.02 Å². The minimum Gasteiger partial charge on any atom is -0.378 e. The molecule has 0 spiro atoms. The number of hydrogen-bond donors (Lipinski definition) is 1. The molecule has 3 heterocycles. The number of nitrogens with zero attached hydrogens (tertiary/aromatic N) is 4. The fraction of sp³-hybridized carbons (Fsp3) is 0.258. The Balaban J connectivity index is 1.36. The van der Waals surface area contributed by atoms with Gasteiger partial charge >= 0.3 is 5.69 Å². The van der Waals surface area contributed by atoms with Gasteiger partial charge in [-0.2, -0.15) is 0 Å². The number of amides is 2. The van der Waals surface area contributed by atoms with Crippen LogP contribution in [0.5, 0.6) is 0 Å². The molecular weight excluding hydrogens is 622 g/mol. The van der Waals surface area contributed by atoms with E-state index in [1.54, 1.807) is 27.7 Å². The van der Waals surface area contributed by atoms with E-state index in [9.17, 15) is 14.4 Å². The average molecular weight is 651 g/mol. The summed E-state index contributed by atoms with van der Waals surface area (Å²) >= 11 is 9.62. The molecule has 2 aliphatic heterocycles. The molecule has 0 unspecified atom stereocenters. The van der Waals surface area contributed by atoms with Crippen molar-refractivity contribution in [1.82, 2.24) is 19.4 Å². The van der Waals surface area contributed by atoms with Crippen LogP contribution in [0.3, 0.4) is 0 Å². The zero-order valence-electron chi connectivity index (χ0n) is 22.8. The molecule has 11 heteroatoms. The number of rotatable bonds is 6. The molecule has 0 radical (unpaired) electrons. The number of imidazole rings is 1. The van der Waals surface area contributed by atoms with Crippen molar-refractivity contribution in [2.75, 3.05) is 37.7 Å². The number of fused-ring (bicyclic) bond motifs is 1. The lowest BCUT2D eigenvalue weighted by Gasteiger charge is -2.29. The molecule has 0 aliphatic carbocycles. The van der Waals surface area contributed by atoms with Crippen molar-refractivity contribution in [2.24, 2.45) is 0 Å². The van der Waals surface area contributed by atoms with Crippen LogP contribution >= 0.6 is 27.5 Å². The molecule has 1 saturated heterocycles. The molecule has 1 aromatic heterocycles. The minimum atomic E-state index is -0.386. The highest BCUT2D eigenvalue weighted by molar-refractivity contribution is 9.10. The Morgan fingerprint density at radius 3 is 2.33 bits per heavy atom. The van der Waals surface area contributed by atoms with Crippen molar-refractivity contribution in [3.63, 3.8) is 0 Å². The lowest BCUT2D eigenvalue weighted by atomic mass is 10.1. The number of hydrogen-bond acceptors (Lipinski definition) is 5. The number of morpholine rings is 1. The summed E-state index contributed by atoms with van der Waals surface area (Å²) in [4.78, 5) is 45.0. The van der Waals surface area contributed by atoms with Crippen LogP contribution < -0.4 is 15.9 Å². The maximum Gasteiger partial charge on any atom is 0.333 e. The molecule has 2 aliphatic rings. The van der Waals surface area contributed by atoms with E-state index in [4.69, 9.17) is 16.3 Å². The van der Waals surface area contributed by atoms with Gasteiger partial charge in [0.1, 0.15) is 5.69 Å². The Kier molecular flexibility index (Phi) is 8.19. The molecule has 3 aromatic carbocycles. The van der Waals surface area contributed by atoms with Gasteiger partial charge in [0, 0.05) is 48.4 Å². The highest BCUT2D eigenvalue weighted by Gasteiger charge is 2.32. The van der Waals surface area contributed by atoms with E-state index >= 15 is 0 Å². The SMILES string of the molecule is O=C(NCc1ccccc1)c1c2n(c(=O)n1-c1ccc(N3CCOCC3)cc1)CCN(C(=O)c1ccc(Br)c(Cl)c1)C2. The topological polar surface area (TPSA) is 88.8 Å². The highest BCUT2D eigenvalue weighted by atomic mass is 79.9. The second-order valence-electron chi connectivity index (χ2n) is 10.2. The van der Waals surface area contributed by atoms with E-state index < -0.39 is 0 Å². The van der Waals surface area contributed by atoms with Crippen LogP contribution in [0.1, 0.15) is 32.1 Å². The van der Waals surface area contributed by atoms with E-state index in [1.165, 1.54) is 4.57 Å². The van der Waals surface area contributed by atoms with Crippen LogP contribution in [0.25, 0.3) is 5.69 Å². The minimum absolute atomic E-state index is 0.106. The van der Waals surface area contributed by atoms with Crippen molar-refractivity contribution in [3.8, 4) is 5.69 Å². The summed E-state index contributed by atoms with van der Waals surface area (Å²) in [5.41, 5.74) is 3.39. The first kappa shape index (κ1) is 28.3.